The smallest absolute Gasteiger partial charge is 0.367 e. The van der Waals surface area contributed by atoms with Crippen LogP contribution in [0.1, 0.15) is 27.9 Å². The van der Waals surface area contributed by atoms with Gasteiger partial charge >= 0.3 is 6.18 Å². The molecule has 0 radical (unpaired) electrons. The number of halogens is 4. The van der Waals surface area contributed by atoms with Crippen molar-refractivity contribution in [3.63, 3.8) is 0 Å². The molecule has 0 atom stereocenters. The normalized spacial score (nSPS) is 11.8. The Balaban J connectivity index is 0.00000420. The Hall–Kier alpha value is -1.40. The number of rotatable bonds is 9. The van der Waals surface area contributed by atoms with E-state index in [-0.39, 0.29) is 30.6 Å². The van der Waals surface area contributed by atoms with Crippen LogP contribution in [0.5, 0.6) is 0 Å². The van der Waals surface area contributed by atoms with Crippen LogP contribution in [0.3, 0.4) is 0 Å². The van der Waals surface area contributed by atoms with E-state index >= 15 is 0 Å². The topological polar surface area (TPSA) is 58.5 Å². The number of thiazole rings is 1. The van der Waals surface area contributed by atoms with Gasteiger partial charge in [0.2, 0.25) is 0 Å². The van der Waals surface area contributed by atoms with Crippen LogP contribution < -0.4 is 10.6 Å². The van der Waals surface area contributed by atoms with Crippen molar-refractivity contribution in [2.75, 3.05) is 20.2 Å². The van der Waals surface area contributed by atoms with E-state index in [1.807, 2.05) is 18.3 Å². The number of guanidine groups is 1. The molecule has 0 spiro atoms. The van der Waals surface area contributed by atoms with Gasteiger partial charge in [0.15, 0.2) is 5.96 Å². The van der Waals surface area contributed by atoms with Gasteiger partial charge in [-0.25, -0.2) is 4.98 Å². The molecule has 162 valence electrons. The van der Waals surface area contributed by atoms with E-state index in [1.54, 1.807) is 30.5 Å². The van der Waals surface area contributed by atoms with Gasteiger partial charge in [0.25, 0.3) is 0 Å². The summed E-state index contributed by atoms with van der Waals surface area (Å²) in [6, 6.07) is 7.23. The first-order valence-electron chi connectivity index (χ1n) is 9.00. The van der Waals surface area contributed by atoms with Gasteiger partial charge < -0.3 is 15.4 Å². The molecule has 0 aliphatic rings. The monoisotopic (exact) mass is 542 g/mol. The van der Waals surface area contributed by atoms with Crippen LogP contribution in [0, 0.1) is 0 Å². The van der Waals surface area contributed by atoms with Crippen LogP contribution >= 0.6 is 35.3 Å². The molecular formula is C19H26F3IN4OS. The van der Waals surface area contributed by atoms with Crippen molar-refractivity contribution >= 4 is 41.3 Å². The average Bonchev–Trinajstić information content (AvgIpc) is 3.12. The van der Waals surface area contributed by atoms with Gasteiger partial charge in [0.1, 0.15) is 6.61 Å². The van der Waals surface area contributed by atoms with E-state index in [4.69, 9.17) is 0 Å². The maximum absolute atomic E-state index is 12.1. The fourth-order valence-electron chi connectivity index (χ4n) is 2.36. The Bertz CT molecular complexity index is 751. The number of hydrogen-bond donors (Lipinski definition) is 2. The predicted octanol–water partition coefficient (Wildman–Crippen LogP) is 4.31. The Morgan fingerprint density at radius 3 is 2.45 bits per heavy atom. The first-order valence-corrected chi connectivity index (χ1v) is 9.81. The van der Waals surface area contributed by atoms with Crippen molar-refractivity contribution in [2.45, 2.75) is 39.1 Å². The Morgan fingerprint density at radius 2 is 1.86 bits per heavy atom. The highest BCUT2D eigenvalue weighted by Gasteiger charge is 2.27. The van der Waals surface area contributed by atoms with Gasteiger partial charge in [-0.3, -0.25) is 4.99 Å². The lowest BCUT2D eigenvalue weighted by molar-refractivity contribution is -0.176. The van der Waals surface area contributed by atoms with E-state index in [0.29, 0.717) is 18.1 Å². The molecule has 1 aromatic carbocycles. The maximum Gasteiger partial charge on any atom is 0.411 e. The fraction of sp³-hybridized carbons (Fsp3) is 0.474. The standard InChI is InChI=1S/C19H25F3N4OS.HI/c1-3-16-11-25-17(28-16)8-9-24-18(23-2)26-10-14-4-6-15(7-5-14)12-27-13-19(20,21)22;/h4-7,11H,3,8-10,12-13H2,1-2H3,(H2,23,24,26);1H. The summed E-state index contributed by atoms with van der Waals surface area (Å²) in [5.41, 5.74) is 1.69. The summed E-state index contributed by atoms with van der Waals surface area (Å²) < 4.78 is 40.9. The Kier molecular flexibility index (Phi) is 11.5. The molecule has 0 saturated heterocycles. The lowest BCUT2D eigenvalue weighted by atomic mass is 10.1. The lowest BCUT2D eigenvalue weighted by Gasteiger charge is -2.12. The summed E-state index contributed by atoms with van der Waals surface area (Å²) in [5, 5.41) is 7.56. The van der Waals surface area contributed by atoms with Gasteiger partial charge in [0.05, 0.1) is 11.6 Å². The average molecular weight is 542 g/mol. The van der Waals surface area contributed by atoms with Crippen molar-refractivity contribution in [1.29, 1.82) is 0 Å². The number of hydrogen-bond acceptors (Lipinski definition) is 4. The van der Waals surface area contributed by atoms with Gasteiger partial charge in [0, 0.05) is 37.6 Å². The largest absolute Gasteiger partial charge is 0.411 e. The van der Waals surface area contributed by atoms with Crippen LogP contribution in [0.15, 0.2) is 35.5 Å². The summed E-state index contributed by atoms with van der Waals surface area (Å²) >= 11 is 1.73. The molecule has 0 amide bonds. The Morgan fingerprint density at radius 1 is 1.17 bits per heavy atom. The molecule has 0 bridgehead atoms. The molecule has 0 aliphatic carbocycles. The van der Waals surface area contributed by atoms with Crippen molar-refractivity contribution < 1.29 is 17.9 Å². The molecule has 0 unspecified atom stereocenters. The minimum atomic E-state index is -4.30. The molecule has 10 heteroatoms. The third-order valence-corrected chi connectivity index (χ3v) is 5.02. The SMILES string of the molecule is CCc1cnc(CCNC(=NC)NCc2ccc(COCC(F)(F)F)cc2)s1.I. The zero-order valence-corrected chi connectivity index (χ0v) is 19.5. The minimum Gasteiger partial charge on any atom is -0.367 e. The molecular weight excluding hydrogens is 516 g/mol. The highest BCUT2D eigenvalue weighted by atomic mass is 127. The first kappa shape index (κ1) is 25.6. The minimum absolute atomic E-state index is 0. The van der Waals surface area contributed by atoms with Crippen molar-refractivity contribution in [3.8, 4) is 0 Å². The molecule has 29 heavy (non-hydrogen) atoms. The van der Waals surface area contributed by atoms with E-state index in [0.717, 1.165) is 30.0 Å². The van der Waals surface area contributed by atoms with Crippen LogP contribution in [-0.2, 0) is 30.7 Å². The molecule has 2 aromatic rings. The summed E-state index contributed by atoms with van der Waals surface area (Å²) in [6.07, 6.45) is -0.547. The summed E-state index contributed by atoms with van der Waals surface area (Å²) in [6.45, 7) is 2.10. The van der Waals surface area contributed by atoms with Gasteiger partial charge in [-0.05, 0) is 17.5 Å². The van der Waals surface area contributed by atoms with E-state index < -0.39 is 12.8 Å². The zero-order chi connectivity index (χ0) is 20.4. The van der Waals surface area contributed by atoms with Crippen molar-refractivity contribution in [3.05, 3.63) is 51.5 Å². The van der Waals surface area contributed by atoms with Crippen LogP contribution in [0.25, 0.3) is 0 Å². The molecule has 5 nitrogen and oxygen atoms in total. The molecule has 0 aliphatic heterocycles. The molecule has 1 aromatic heterocycles. The van der Waals surface area contributed by atoms with Crippen molar-refractivity contribution in [2.24, 2.45) is 4.99 Å². The lowest BCUT2D eigenvalue weighted by Crippen LogP contribution is -2.37. The number of benzene rings is 1. The predicted molar refractivity (Wildman–Crippen MR) is 121 cm³/mol. The number of nitrogens with one attached hydrogen (secondary N) is 2. The number of alkyl halides is 3. The highest BCUT2D eigenvalue weighted by molar-refractivity contribution is 14.0. The van der Waals surface area contributed by atoms with Gasteiger partial charge in [-0.2, -0.15) is 13.2 Å². The molecule has 0 fully saturated rings. The van der Waals surface area contributed by atoms with Gasteiger partial charge in [-0.1, -0.05) is 31.2 Å². The third-order valence-electron chi connectivity index (χ3n) is 3.82. The Labute approximate surface area is 190 Å². The second-order valence-corrected chi connectivity index (χ2v) is 7.30. The van der Waals surface area contributed by atoms with Crippen LogP contribution in [0.2, 0.25) is 0 Å². The van der Waals surface area contributed by atoms with Crippen molar-refractivity contribution in [1.82, 2.24) is 15.6 Å². The molecule has 2 rings (SSSR count). The number of aryl methyl sites for hydroxylation is 1. The van der Waals surface area contributed by atoms with Crippen LogP contribution in [0.4, 0.5) is 13.2 Å². The number of aromatic nitrogens is 1. The summed E-state index contributed by atoms with van der Waals surface area (Å²) in [4.78, 5) is 9.86. The third kappa shape index (κ3) is 10.3. The molecule has 0 saturated carbocycles. The van der Waals surface area contributed by atoms with E-state index in [9.17, 15) is 13.2 Å². The van der Waals surface area contributed by atoms with Crippen LogP contribution in [-0.4, -0.2) is 37.3 Å². The fourth-order valence-corrected chi connectivity index (χ4v) is 3.22. The number of aliphatic imine (C=N–C) groups is 1. The highest BCUT2D eigenvalue weighted by Crippen LogP contribution is 2.16. The first-order chi connectivity index (χ1) is 13.4. The number of nitrogens with zero attached hydrogens (tertiary/aromatic N) is 2. The van der Waals surface area contributed by atoms with Gasteiger partial charge in [-0.15, -0.1) is 35.3 Å². The zero-order valence-electron chi connectivity index (χ0n) is 16.4. The summed E-state index contributed by atoms with van der Waals surface area (Å²) in [7, 11) is 1.70. The molecule has 1 heterocycles. The van der Waals surface area contributed by atoms with E-state index in [2.05, 4.69) is 32.3 Å². The summed E-state index contributed by atoms with van der Waals surface area (Å²) in [5.74, 6) is 0.685. The number of ether oxygens (including phenoxy) is 1. The molecule has 2 N–H and O–H groups in total. The second-order valence-electron chi connectivity index (χ2n) is 6.10. The second kappa shape index (κ2) is 13.0. The quantitative estimate of drug-likeness (QED) is 0.282. The van der Waals surface area contributed by atoms with E-state index in [1.165, 1.54) is 4.88 Å². The maximum atomic E-state index is 12.1.